The highest BCUT2D eigenvalue weighted by molar-refractivity contribution is 14.1. The van der Waals surface area contributed by atoms with Crippen LogP contribution < -0.4 is 5.32 Å². The molecular formula is C15H13ClINO. The molecule has 0 radical (unpaired) electrons. The van der Waals surface area contributed by atoms with Gasteiger partial charge in [-0.3, -0.25) is 4.79 Å². The Balaban J connectivity index is 2.11. The Morgan fingerprint density at radius 3 is 2.63 bits per heavy atom. The number of carbonyl (C=O) groups is 1. The van der Waals surface area contributed by atoms with Gasteiger partial charge in [-0.2, -0.15) is 0 Å². The van der Waals surface area contributed by atoms with Crippen LogP contribution in [0.3, 0.4) is 0 Å². The van der Waals surface area contributed by atoms with Crippen LogP contribution in [0.2, 0.25) is 5.02 Å². The first-order valence-electron chi connectivity index (χ1n) is 5.88. The Kier molecular flexibility index (Phi) is 4.82. The summed E-state index contributed by atoms with van der Waals surface area (Å²) in [5, 5.41) is 3.64. The molecular weight excluding hydrogens is 373 g/mol. The summed E-state index contributed by atoms with van der Waals surface area (Å²) in [4.78, 5) is 12.1. The van der Waals surface area contributed by atoms with Crippen molar-refractivity contribution >= 4 is 40.1 Å². The summed E-state index contributed by atoms with van der Waals surface area (Å²) in [6, 6.07) is 14.9. The maximum Gasteiger partial charge on any atom is 0.251 e. The van der Waals surface area contributed by atoms with Crippen molar-refractivity contribution in [3.05, 3.63) is 68.3 Å². The fourth-order valence-electron chi connectivity index (χ4n) is 1.77. The van der Waals surface area contributed by atoms with Gasteiger partial charge in [0.1, 0.15) is 0 Å². The first-order valence-corrected chi connectivity index (χ1v) is 7.34. The zero-order valence-electron chi connectivity index (χ0n) is 10.4. The molecule has 0 aliphatic heterocycles. The van der Waals surface area contributed by atoms with E-state index in [0.717, 1.165) is 9.13 Å². The first kappa shape index (κ1) is 14.3. The minimum absolute atomic E-state index is 0.0778. The largest absolute Gasteiger partial charge is 0.346 e. The van der Waals surface area contributed by atoms with Crippen LogP contribution in [0.1, 0.15) is 28.9 Å². The minimum Gasteiger partial charge on any atom is -0.346 e. The molecule has 0 bridgehead atoms. The van der Waals surface area contributed by atoms with Crippen LogP contribution in [0.25, 0.3) is 0 Å². The lowest BCUT2D eigenvalue weighted by atomic mass is 10.1. The monoisotopic (exact) mass is 385 g/mol. The van der Waals surface area contributed by atoms with Gasteiger partial charge in [-0.1, -0.05) is 29.8 Å². The van der Waals surface area contributed by atoms with E-state index in [1.165, 1.54) is 0 Å². The van der Waals surface area contributed by atoms with E-state index in [4.69, 9.17) is 11.6 Å². The van der Waals surface area contributed by atoms with Gasteiger partial charge in [-0.05, 0) is 65.4 Å². The van der Waals surface area contributed by atoms with Crippen molar-refractivity contribution in [1.82, 2.24) is 5.32 Å². The van der Waals surface area contributed by atoms with Gasteiger partial charge >= 0.3 is 0 Å². The van der Waals surface area contributed by atoms with E-state index in [2.05, 4.69) is 27.9 Å². The summed E-state index contributed by atoms with van der Waals surface area (Å²) in [5.41, 5.74) is 1.66. The van der Waals surface area contributed by atoms with Gasteiger partial charge in [0.05, 0.1) is 6.04 Å². The number of hydrogen-bond acceptors (Lipinski definition) is 1. The molecule has 2 aromatic carbocycles. The normalized spacial score (nSPS) is 11.9. The number of halogens is 2. The fourth-order valence-corrected chi connectivity index (χ4v) is 2.51. The van der Waals surface area contributed by atoms with Gasteiger partial charge in [0, 0.05) is 14.2 Å². The molecule has 0 heterocycles. The predicted molar refractivity (Wildman–Crippen MR) is 86.5 cm³/mol. The van der Waals surface area contributed by atoms with Crippen molar-refractivity contribution in [1.29, 1.82) is 0 Å². The average molecular weight is 386 g/mol. The van der Waals surface area contributed by atoms with Crippen molar-refractivity contribution in [3.63, 3.8) is 0 Å². The number of carbonyl (C=O) groups excluding carboxylic acids is 1. The summed E-state index contributed by atoms with van der Waals surface area (Å²) in [5.74, 6) is -0.0778. The minimum atomic E-state index is -0.0796. The number of benzene rings is 2. The summed E-state index contributed by atoms with van der Waals surface area (Å²) in [6.45, 7) is 1.94. The highest BCUT2D eigenvalue weighted by atomic mass is 127. The second kappa shape index (κ2) is 6.39. The number of nitrogens with one attached hydrogen (secondary N) is 1. The number of rotatable bonds is 3. The third-order valence-corrected chi connectivity index (χ3v) is 3.69. The van der Waals surface area contributed by atoms with Gasteiger partial charge in [0.25, 0.3) is 5.91 Å². The molecule has 0 aromatic heterocycles. The van der Waals surface area contributed by atoms with E-state index in [9.17, 15) is 4.79 Å². The molecule has 0 unspecified atom stereocenters. The van der Waals surface area contributed by atoms with E-state index in [0.29, 0.717) is 10.6 Å². The van der Waals surface area contributed by atoms with E-state index >= 15 is 0 Å². The zero-order chi connectivity index (χ0) is 13.8. The summed E-state index contributed by atoms with van der Waals surface area (Å²) >= 11 is 8.14. The average Bonchev–Trinajstić information content (AvgIpc) is 2.38. The van der Waals surface area contributed by atoms with Gasteiger partial charge in [-0.25, -0.2) is 0 Å². The highest BCUT2D eigenvalue weighted by Crippen LogP contribution is 2.18. The molecule has 19 heavy (non-hydrogen) atoms. The van der Waals surface area contributed by atoms with E-state index < -0.39 is 0 Å². The quantitative estimate of drug-likeness (QED) is 0.778. The maximum atomic E-state index is 12.1. The second-order valence-electron chi connectivity index (χ2n) is 4.26. The smallest absolute Gasteiger partial charge is 0.251 e. The maximum absolute atomic E-state index is 12.1. The Morgan fingerprint density at radius 1 is 1.21 bits per heavy atom. The van der Waals surface area contributed by atoms with Crippen LogP contribution in [0.4, 0.5) is 0 Å². The standard InChI is InChI=1S/C15H13ClINO/c1-10(11-4-2-6-13(16)8-11)18-15(19)12-5-3-7-14(17)9-12/h2-10H,1H3,(H,18,19)/t10-/m0/s1. The highest BCUT2D eigenvalue weighted by Gasteiger charge is 2.11. The molecule has 2 nitrogen and oxygen atoms in total. The lowest BCUT2D eigenvalue weighted by molar-refractivity contribution is 0.0940. The van der Waals surface area contributed by atoms with Crippen LogP contribution in [0.15, 0.2) is 48.5 Å². The van der Waals surface area contributed by atoms with Gasteiger partial charge in [-0.15, -0.1) is 0 Å². The van der Waals surface area contributed by atoms with Gasteiger partial charge in [0.15, 0.2) is 0 Å². The molecule has 0 aliphatic rings. The second-order valence-corrected chi connectivity index (χ2v) is 5.94. The van der Waals surface area contributed by atoms with E-state index in [1.54, 1.807) is 0 Å². The van der Waals surface area contributed by atoms with Crippen LogP contribution >= 0.6 is 34.2 Å². The van der Waals surface area contributed by atoms with Crippen molar-refractivity contribution in [2.75, 3.05) is 0 Å². The molecule has 0 saturated heterocycles. The van der Waals surface area contributed by atoms with E-state index in [-0.39, 0.29) is 11.9 Å². The Labute approximate surface area is 131 Å². The molecule has 4 heteroatoms. The van der Waals surface area contributed by atoms with Gasteiger partial charge < -0.3 is 5.32 Å². The van der Waals surface area contributed by atoms with Gasteiger partial charge in [0.2, 0.25) is 0 Å². The van der Waals surface area contributed by atoms with Crippen molar-refractivity contribution in [2.45, 2.75) is 13.0 Å². The van der Waals surface area contributed by atoms with Crippen LogP contribution in [0, 0.1) is 3.57 Å². The lowest BCUT2D eigenvalue weighted by Crippen LogP contribution is -2.26. The molecule has 98 valence electrons. The van der Waals surface area contributed by atoms with Crippen molar-refractivity contribution < 1.29 is 4.79 Å². The molecule has 0 fully saturated rings. The molecule has 0 saturated carbocycles. The van der Waals surface area contributed by atoms with Crippen LogP contribution in [-0.2, 0) is 0 Å². The molecule has 0 aliphatic carbocycles. The first-order chi connectivity index (χ1) is 9.06. The third-order valence-electron chi connectivity index (χ3n) is 2.78. The topological polar surface area (TPSA) is 29.1 Å². The molecule has 2 rings (SSSR count). The summed E-state index contributed by atoms with van der Waals surface area (Å²) in [7, 11) is 0. The number of hydrogen-bond donors (Lipinski definition) is 1. The third kappa shape index (κ3) is 3.94. The molecule has 2 aromatic rings. The SMILES string of the molecule is C[C@H](NC(=O)c1cccc(I)c1)c1cccc(Cl)c1. The van der Waals surface area contributed by atoms with Crippen LogP contribution in [0.5, 0.6) is 0 Å². The summed E-state index contributed by atoms with van der Waals surface area (Å²) in [6.07, 6.45) is 0. The molecule has 1 atom stereocenters. The Hall–Kier alpha value is -1.07. The van der Waals surface area contributed by atoms with Crippen LogP contribution in [-0.4, -0.2) is 5.91 Å². The lowest BCUT2D eigenvalue weighted by Gasteiger charge is -2.14. The Bertz CT molecular complexity index is 600. The van der Waals surface area contributed by atoms with E-state index in [1.807, 2.05) is 55.5 Å². The Morgan fingerprint density at radius 2 is 1.95 bits per heavy atom. The predicted octanol–water partition coefficient (Wildman–Crippen LogP) is 4.44. The number of amides is 1. The molecule has 1 amide bonds. The fraction of sp³-hybridized carbons (Fsp3) is 0.133. The summed E-state index contributed by atoms with van der Waals surface area (Å²) < 4.78 is 1.04. The zero-order valence-corrected chi connectivity index (χ0v) is 13.3. The molecule has 0 spiro atoms. The van der Waals surface area contributed by atoms with Crippen molar-refractivity contribution in [2.24, 2.45) is 0 Å². The van der Waals surface area contributed by atoms with Crippen molar-refractivity contribution in [3.8, 4) is 0 Å². The molecule has 1 N–H and O–H groups in total.